The zero-order valence-corrected chi connectivity index (χ0v) is 34.9. The van der Waals surface area contributed by atoms with Gasteiger partial charge in [0.2, 0.25) is 5.91 Å². The summed E-state index contributed by atoms with van der Waals surface area (Å²) < 4.78 is 11.1. The van der Waals surface area contributed by atoms with Crippen LogP contribution < -0.4 is 31.5 Å². The average molecular weight is 926 g/mol. The Balaban J connectivity index is 0.000000339. The number of carboxylic acid groups (broad SMARTS) is 1. The number of aliphatic hydroxyl groups is 2. The van der Waals surface area contributed by atoms with Gasteiger partial charge in [0.1, 0.15) is 19.3 Å². The number of nitrogen functional groups attached to an aromatic ring is 1. The van der Waals surface area contributed by atoms with Gasteiger partial charge in [-0.15, -0.1) is 22.7 Å². The minimum absolute atomic E-state index is 0. The summed E-state index contributed by atoms with van der Waals surface area (Å²) in [5.74, 6) is -3.00. The number of aliphatic hydroxyl groups excluding tert-OH is 2. The first-order valence-electron chi connectivity index (χ1n) is 17.7. The van der Waals surface area contributed by atoms with Crippen LogP contribution in [-0.4, -0.2) is 116 Å². The Hall–Kier alpha value is -5.12. The number of hydrogen-bond acceptors (Lipinski definition) is 13. The molecule has 332 valence electrons. The van der Waals surface area contributed by atoms with Crippen LogP contribution in [0, 0.1) is 13.8 Å². The molecule has 8 N–H and O–H groups in total. The predicted octanol–water partition coefficient (Wildman–Crippen LogP) is 4.59. The van der Waals surface area contributed by atoms with Crippen LogP contribution in [0.2, 0.25) is 8.67 Å². The minimum atomic E-state index is -1.29. The zero-order valence-electron chi connectivity index (χ0n) is 31.7. The smallest absolute Gasteiger partial charge is 0.328 e. The molecule has 0 bridgehead atoms. The van der Waals surface area contributed by atoms with E-state index in [1.54, 1.807) is 40.1 Å². The van der Waals surface area contributed by atoms with Gasteiger partial charge in [-0.25, -0.2) is 4.79 Å². The predicted molar refractivity (Wildman–Crippen MR) is 238 cm³/mol. The summed E-state index contributed by atoms with van der Waals surface area (Å²) in [6.45, 7) is 4.94. The van der Waals surface area contributed by atoms with Crippen LogP contribution in [-0.2, 0) is 28.7 Å². The Morgan fingerprint density at radius 3 is 1.59 bits per heavy atom. The van der Waals surface area contributed by atoms with E-state index in [1.807, 2.05) is 32.0 Å². The number of amides is 5. The van der Waals surface area contributed by atoms with Crippen LogP contribution in [0.1, 0.15) is 45.3 Å². The molecule has 5 amide bonds. The molecule has 2 fully saturated rings. The number of halogens is 2. The van der Waals surface area contributed by atoms with Crippen LogP contribution in [0.25, 0.3) is 0 Å². The molecule has 2 aromatic heterocycles. The number of nitrogens with two attached hydrogens (primary N) is 1. The fourth-order valence-corrected chi connectivity index (χ4v) is 7.40. The first-order valence-corrected chi connectivity index (χ1v) is 20.1. The molecule has 2 aliphatic rings. The number of ether oxygens (including phenoxy) is 2. The van der Waals surface area contributed by atoms with Crippen molar-refractivity contribution < 1.29 is 53.6 Å². The average Bonchev–Trinajstić information content (AvgIpc) is 3.85. The topological polar surface area (TPSA) is 250 Å². The van der Waals surface area contributed by atoms with Crippen molar-refractivity contribution in [3.63, 3.8) is 0 Å². The van der Waals surface area contributed by atoms with E-state index in [2.05, 4.69) is 16.0 Å². The van der Waals surface area contributed by atoms with Gasteiger partial charge in [0.25, 0.3) is 23.6 Å². The molecule has 4 heterocycles. The van der Waals surface area contributed by atoms with Crippen LogP contribution >= 0.6 is 45.9 Å². The van der Waals surface area contributed by atoms with E-state index in [1.165, 1.54) is 12.1 Å². The highest BCUT2D eigenvalue weighted by molar-refractivity contribution is 7.18. The number of carbonyl (C=O) groups is 6. The molecule has 21 heteroatoms. The molecule has 6 rings (SSSR count). The maximum absolute atomic E-state index is 12.5. The molecular weight excluding hydrogens is 876 g/mol. The monoisotopic (exact) mass is 924 g/mol. The van der Waals surface area contributed by atoms with E-state index in [9.17, 15) is 33.9 Å². The number of thiophene rings is 2. The normalized spacial score (nSPS) is 14.3. The van der Waals surface area contributed by atoms with E-state index in [4.69, 9.17) is 48.6 Å². The van der Waals surface area contributed by atoms with E-state index >= 15 is 0 Å². The second kappa shape index (κ2) is 25.0. The number of anilines is 4. The maximum Gasteiger partial charge on any atom is 0.328 e. The number of hydrogen-bond donors (Lipinski definition) is 7. The van der Waals surface area contributed by atoms with E-state index < -0.39 is 49.0 Å². The lowest BCUT2D eigenvalue weighted by Crippen LogP contribution is -2.46. The Kier molecular flexibility index (Phi) is 21.3. The van der Waals surface area contributed by atoms with Gasteiger partial charge >= 0.3 is 5.97 Å². The van der Waals surface area contributed by atoms with E-state index in [-0.39, 0.29) is 39.9 Å². The molecule has 0 saturated carbocycles. The summed E-state index contributed by atoms with van der Waals surface area (Å²) in [6.07, 6.45) is 0. The van der Waals surface area contributed by atoms with Crippen molar-refractivity contribution in [3.8, 4) is 0 Å². The Bertz CT molecular complexity index is 2150. The van der Waals surface area contributed by atoms with Gasteiger partial charge in [-0.3, -0.25) is 24.0 Å². The largest absolute Gasteiger partial charge is 0.480 e. The SMILES string of the molecule is C.C.Cc1cc(N)ccc1N1CCOCC1=O.Cc1cc(NC(=O)[C@@H](CO)NC(=O)c2ccc(Cl)s2)ccc1N1CCOCC1=O.O=C(N[C@H](CO)C(=O)O)c1ccc(Cl)s1. The number of carbonyl (C=O) groups excluding carboxylic acids is 5. The number of nitrogens with one attached hydrogen (secondary N) is 3. The molecule has 17 nitrogen and oxygen atoms in total. The van der Waals surface area contributed by atoms with E-state index in [0.29, 0.717) is 50.4 Å². The van der Waals surface area contributed by atoms with Crippen LogP contribution in [0.3, 0.4) is 0 Å². The second-order valence-electron chi connectivity index (χ2n) is 12.7. The molecule has 2 aromatic carbocycles. The zero-order chi connectivity index (χ0) is 43.2. The lowest BCUT2D eigenvalue weighted by molar-refractivity contribution is -0.140. The number of morpholine rings is 2. The third-order valence-corrected chi connectivity index (χ3v) is 10.9. The Morgan fingerprint density at radius 2 is 1.20 bits per heavy atom. The van der Waals surface area contributed by atoms with Gasteiger partial charge in [-0.2, -0.15) is 0 Å². The summed E-state index contributed by atoms with van der Waals surface area (Å²) in [4.78, 5) is 74.2. The highest BCUT2D eigenvalue weighted by atomic mass is 35.5. The fourth-order valence-electron chi connectivity index (χ4n) is 5.50. The van der Waals surface area contributed by atoms with E-state index in [0.717, 1.165) is 50.9 Å². The summed E-state index contributed by atoms with van der Waals surface area (Å²) in [7, 11) is 0. The lowest BCUT2D eigenvalue weighted by Gasteiger charge is -2.28. The molecule has 0 spiro atoms. The van der Waals surface area contributed by atoms with Gasteiger partial charge < -0.3 is 56.3 Å². The number of aryl methyl sites for hydroxylation is 2. The standard InChI is InChI=1S/C19H20ClN3O5S.C11H14N2O2.C8H8ClNO4S.2CH4/c1-11-8-12(2-3-14(11)23-6-7-28-10-17(23)25)21-18(26)13(9-24)22-19(27)15-4-5-16(20)29-15;1-8-6-9(12)2-3-10(8)13-4-5-15-7-11(13)14;9-6-2-1-5(15-6)7(12)10-4(3-11)8(13)14;;/h2-5,8,13,24H,6-7,9-10H2,1H3,(H,21,26)(H,22,27);2-3,6H,4-5,7,12H2,1H3;1-2,4,11H,3H2,(H,10,12)(H,13,14);2*1H4/t13-;;4-;;/m1.1../s1. The summed E-state index contributed by atoms with van der Waals surface area (Å²) in [5.41, 5.74) is 10.4. The van der Waals surface area contributed by atoms with Crippen molar-refractivity contribution in [2.45, 2.75) is 40.8 Å². The molecule has 4 aromatic rings. The summed E-state index contributed by atoms with van der Waals surface area (Å²) in [6, 6.07) is 14.4. The van der Waals surface area contributed by atoms with Gasteiger partial charge in [0.05, 0.1) is 44.9 Å². The maximum atomic E-state index is 12.5. The second-order valence-corrected chi connectivity index (χ2v) is 16.1. The Labute approximate surface area is 371 Å². The van der Waals surface area contributed by atoms with Crippen LogP contribution in [0.15, 0.2) is 60.7 Å². The highest BCUT2D eigenvalue weighted by Gasteiger charge is 2.25. The van der Waals surface area contributed by atoms with Crippen molar-refractivity contribution in [1.29, 1.82) is 0 Å². The van der Waals surface area contributed by atoms with Crippen molar-refractivity contribution in [3.05, 3.63) is 90.2 Å². The number of aliphatic carboxylic acids is 1. The number of benzene rings is 2. The van der Waals surface area contributed by atoms with Crippen LogP contribution in [0.5, 0.6) is 0 Å². The molecule has 0 unspecified atom stereocenters. The number of carboxylic acids is 1. The van der Waals surface area contributed by atoms with Gasteiger partial charge in [0.15, 0.2) is 6.04 Å². The van der Waals surface area contributed by atoms with Gasteiger partial charge in [-0.1, -0.05) is 38.1 Å². The molecule has 2 saturated heterocycles. The first-order chi connectivity index (χ1) is 28.1. The molecular formula is C40H50Cl2N6O11S2. The highest BCUT2D eigenvalue weighted by Crippen LogP contribution is 2.26. The number of nitrogens with zero attached hydrogens (tertiary/aromatic N) is 2. The third-order valence-electron chi connectivity index (χ3n) is 8.42. The molecule has 2 atom stereocenters. The van der Waals surface area contributed by atoms with Gasteiger partial charge in [-0.05, 0) is 85.6 Å². The quantitative estimate of drug-likeness (QED) is 0.102. The van der Waals surface area contributed by atoms with Crippen molar-refractivity contribution in [2.75, 3.05) is 73.6 Å². The van der Waals surface area contributed by atoms with Crippen molar-refractivity contribution in [2.24, 2.45) is 0 Å². The lowest BCUT2D eigenvalue weighted by atomic mass is 10.1. The molecule has 0 radical (unpaired) electrons. The van der Waals surface area contributed by atoms with Crippen molar-refractivity contribution in [1.82, 2.24) is 10.6 Å². The molecule has 2 aliphatic heterocycles. The fraction of sp³-hybridized carbons (Fsp3) is 0.350. The van der Waals surface area contributed by atoms with Crippen molar-refractivity contribution >= 4 is 104 Å². The van der Waals surface area contributed by atoms with Crippen LogP contribution in [0.4, 0.5) is 22.7 Å². The molecule has 61 heavy (non-hydrogen) atoms. The Morgan fingerprint density at radius 1 is 0.738 bits per heavy atom. The third kappa shape index (κ3) is 15.1. The summed E-state index contributed by atoms with van der Waals surface area (Å²) >= 11 is 13.5. The number of rotatable bonds is 11. The van der Waals surface area contributed by atoms with Gasteiger partial charge in [0, 0.05) is 35.8 Å². The summed E-state index contributed by atoms with van der Waals surface area (Å²) in [5, 5.41) is 34.1. The minimum Gasteiger partial charge on any atom is -0.480 e. The molecule has 0 aliphatic carbocycles. The first kappa shape index (κ1) is 52.0.